The lowest BCUT2D eigenvalue weighted by Gasteiger charge is -2.25. The number of thiazole rings is 1. The van der Waals surface area contributed by atoms with Crippen LogP contribution in [0.3, 0.4) is 0 Å². The second-order valence-electron chi connectivity index (χ2n) is 8.42. The van der Waals surface area contributed by atoms with Gasteiger partial charge in [-0.2, -0.15) is 0 Å². The molecule has 3 heterocycles. The highest BCUT2D eigenvalue weighted by atomic mass is 32.1. The maximum atomic E-state index is 13.2. The number of nitrogens with zero attached hydrogens (tertiary/aromatic N) is 3. The van der Waals surface area contributed by atoms with E-state index in [-0.39, 0.29) is 17.6 Å². The molecule has 0 aliphatic carbocycles. The Balaban J connectivity index is 1.30. The first kappa shape index (κ1) is 22.6. The summed E-state index contributed by atoms with van der Waals surface area (Å²) in [5, 5.41) is 3.51. The topological polar surface area (TPSA) is 74.8 Å². The summed E-state index contributed by atoms with van der Waals surface area (Å²) in [7, 11) is 0. The van der Waals surface area contributed by atoms with Crippen molar-refractivity contribution in [3.63, 3.8) is 0 Å². The zero-order chi connectivity index (χ0) is 23.7. The Kier molecular flexibility index (Phi) is 6.40. The molecule has 0 saturated carbocycles. The number of nitrogens with one attached hydrogen (secondary N) is 1. The second kappa shape index (κ2) is 9.61. The predicted molar refractivity (Wildman–Crippen MR) is 130 cm³/mol. The predicted octanol–water partition coefficient (Wildman–Crippen LogP) is 3.73. The summed E-state index contributed by atoms with van der Waals surface area (Å²) in [6.07, 6.45) is 0.739. The molecular weight excluding hydrogens is 455 g/mol. The van der Waals surface area contributed by atoms with Gasteiger partial charge in [-0.3, -0.25) is 14.5 Å². The van der Waals surface area contributed by atoms with Gasteiger partial charge < -0.3 is 15.0 Å². The number of hydrogen-bond donors (Lipinski definition) is 1. The number of fused-ring (bicyclic) bond motifs is 1. The van der Waals surface area contributed by atoms with E-state index in [0.29, 0.717) is 37.0 Å². The molecule has 2 amide bonds. The van der Waals surface area contributed by atoms with Gasteiger partial charge in [0.05, 0.1) is 25.5 Å². The molecule has 0 bridgehead atoms. The molecule has 7 nitrogen and oxygen atoms in total. The average Bonchev–Trinajstić information content (AvgIpc) is 3.42. The standard InChI is InChI=1S/C25H25FN4O3S/c1-16-23(28-25(34-16)27-22(31)15-29-10-12-33-13-11-29)19-4-7-21-18(14-19)8-9-30(21)24(32)17-2-5-20(26)6-3-17/h2-7,14H,8-13,15H2,1H3,(H,27,28,31). The van der Waals surface area contributed by atoms with Crippen LogP contribution in [-0.2, 0) is 16.0 Å². The number of benzene rings is 2. The number of hydrogen-bond acceptors (Lipinski definition) is 6. The van der Waals surface area contributed by atoms with Crippen molar-refractivity contribution in [1.82, 2.24) is 9.88 Å². The quantitative estimate of drug-likeness (QED) is 0.602. The number of amides is 2. The number of ether oxygens (including phenoxy) is 1. The Hall–Kier alpha value is -3.14. The van der Waals surface area contributed by atoms with Crippen molar-refractivity contribution in [2.75, 3.05) is 49.6 Å². The third kappa shape index (κ3) is 4.72. The van der Waals surface area contributed by atoms with Crippen molar-refractivity contribution in [3.05, 3.63) is 64.3 Å². The minimum absolute atomic E-state index is 0.0777. The molecule has 2 aromatic carbocycles. The summed E-state index contributed by atoms with van der Waals surface area (Å²) < 4.78 is 18.5. The third-order valence-electron chi connectivity index (χ3n) is 6.10. The number of rotatable bonds is 5. The minimum atomic E-state index is -0.363. The monoisotopic (exact) mass is 480 g/mol. The number of carbonyl (C=O) groups is 2. The second-order valence-corrected chi connectivity index (χ2v) is 9.62. The molecule has 0 atom stereocenters. The zero-order valence-corrected chi connectivity index (χ0v) is 19.7. The van der Waals surface area contributed by atoms with Crippen molar-refractivity contribution in [3.8, 4) is 11.3 Å². The summed E-state index contributed by atoms with van der Waals surface area (Å²) in [4.78, 5) is 34.9. The molecule has 3 aromatic rings. The van der Waals surface area contributed by atoms with E-state index in [0.717, 1.165) is 46.9 Å². The molecule has 9 heteroatoms. The molecule has 1 saturated heterocycles. The Morgan fingerprint density at radius 1 is 1.12 bits per heavy atom. The van der Waals surface area contributed by atoms with Gasteiger partial charge in [0.2, 0.25) is 5.91 Å². The molecule has 34 heavy (non-hydrogen) atoms. The number of carbonyl (C=O) groups excluding carboxylic acids is 2. The lowest BCUT2D eigenvalue weighted by atomic mass is 10.1. The van der Waals surface area contributed by atoms with Crippen LogP contribution in [0.5, 0.6) is 0 Å². The van der Waals surface area contributed by atoms with Gasteiger partial charge in [-0.1, -0.05) is 6.07 Å². The van der Waals surface area contributed by atoms with Crippen LogP contribution in [0.15, 0.2) is 42.5 Å². The zero-order valence-electron chi connectivity index (χ0n) is 18.8. The largest absolute Gasteiger partial charge is 0.379 e. The van der Waals surface area contributed by atoms with Crippen LogP contribution in [0.4, 0.5) is 15.2 Å². The van der Waals surface area contributed by atoms with Crippen LogP contribution in [0.1, 0.15) is 20.8 Å². The van der Waals surface area contributed by atoms with E-state index in [9.17, 15) is 14.0 Å². The van der Waals surface area contributed by atoms with Crippen LogP contribution in [-0.4, -0.2) is 61.1 Å². The first-order valence-electron chi connectivity index (χ1n) is 11.3. The van der Waals surface area contributed by atoms with Gasteiger partial charge in [0.1, 0.15) is 5.82 Å². The van der Waals surface area contributed by atoms with Crippen LogP contribution >= 0.6 is 11.3 Å². The Labute approximate surface area is 201 Å². The van der Waals surface area contributed by atoms with Crippen LogP contribution in [0, 0.1) is 12.7 Å². The van der Waals surface area contributed by atoms with Crippen molar-refractivity contribution in [2.24, 2.45) is 0 Å². The molecule has 0 spiro atoms. The van der Waals surface area contributed by atoms with Crippen LogP contribution in [0.25, 0.3) is 11.3 Å². The summed E-state index contributed by atoms with van der Waals surface area (Å²) in [6, 6.07) is 11.6. The van der Waals surface area contributed by atoms with Gasteiger partial charge in [-0.05, 0) is 55.3 Å². The van der Waals surface area contributed by atoms with E-state index in [1.165, 1.54) is 35.6 Å². The molecule has 2 aliphatic rings. The summed E-state index contributed by atoms with van der Waals surface area (Å²) in [5.74, 6) is -0.578. The maximum Gasteiger partial charge on any atom is 0.258 e. The fraction of sp³-hybridized carbons (Fsp3) is 0.320. The van der Waals surface area contributed by atoms with Gasteiger partial charge in [0.25, 0.3) is 5.91 Å². The normalized spacial score (nSPS) is 15.9. The number of halogens is 1. The van der Waals surface area contributed by atoms with E-state index in [2.05, 4.69) is 21.3 Å². The van der Waals surface area contributed by atoms with E-state index < -0.39 is 0 Å². The van der Waals surface area contributed by atoms with E-state index >= 15 is 0 Å². The summed E-state index contributed by atoms with van der Waals surface area (Å²) >= 11 is 1.46. The van der Waals surface area contributed by atoms with Crippen LogP contribution < -0.4 is 10.2 Å². The van der Waals surface area contributed by atoms with E-state index in [4.69, 9.17) is 4.74 Å². The molecular formula is C25H25FN4O3S. The molecule has 1 aromatic heterocycles. The first-order chi connectivity index (χ1) is 16.5. The highest BCUT2D eigenvalue weighted by Gasteiger charge is 2.26. The highest BCUT2D eigenvalue weighted by Crippen LogP contribution is 2.36. The van der Waals surface area contributed by atoms with Gasteiger partial charge >= 0.3 is 0 Å². The van der Waals surface area contributed by atoms with E-state index in [1.54, 1.807) is 4.90 Å². The fourth-order valence-corrected chi connectivity index (χ4v) is 5.20. The minimum Gasteiger partial charge on any atom is -0.379 e. The number of morpholine rings is 1. The molecule has 1 fully saturated rings. The third-order valence-corrected chi connectivity index (χ3v) is 6.98. The van der Waals surface area contributed by atoms with Gasteiger partial charge in [0, 0.05) is 41.3 Å². The van der Waals surface area contributed by atoms with Crippen molar-refractivity contribution in [2.45, 2.75) is 13.3 Å². The lowest BCUT2D eigenvalue weighted by molar-refractivity contribution is -0.118. The molecule has 0 unspecified atom stereocenters. The number of aryl methyl sites for hydroxylation is 1. The van der Waals surface area contributed by atoms with Gasteiger partial charge in [0.15, 0.2) is 5.13 Å². The Morgan fingerprint density at radius 2 is 1.88 bits per heavy atom. The molecule has 1 N–H and O–H groups in total. The SMILES string of the molecule is Cc1sc(NC(=O)CN2CCOCC2)nc1-c1ccc2c(c1)CCN2C(=O)c1ccc(F)cc1. The highest BCUT2D eigenvalue weighted by molar-refractivity contribution is 7.16. The van der Waals surface area contributed by atoms with E-state index in [1.807, 2.05) is 19.1 Å². The maximum absolute atomic E-state index is 13.2. The van der Waals surface area contributed by atoms with Crippen LogP contribution in [0.2, 0.25) is 0 Å². The first-order valence-corrected chi connectivity index (χ1v) is 12.1. The number of anilines is 2. The smallest absolute Gasteiger partial charge is 0.258 e. The van der Waals surface area contributed by atoms with Crippen molar-refractivity contribution in [1.29, 1.82) is 0 Å². The summed E-state index contributed by atoms with van der Waals surface area (Å²) in [5.41, 5.74) is 4.18. The Morgan fingerprint density at radius 3 is 2.65 bits per heavy atom. The van der Waals surface area contributed by atoms with Gasteiger partial charge in [-0.25, -0.2) is 9.37 Å². The van der Waals surface area contributed by atoms with Gasteiger partial charge in [-0.15, -0.1) is 11.3 Å². The summed E-state index contributed by atoms with van der Waals surface area (Å²) in [6.45, 7) is 5.71. The average molecular weight is 481 g/mol. The molecule has 176 valence electrons. The fourth-order valence-electron chi connectivity index (χ4n) is 4.35. The van der Waals surface area contributed by atoms with Crippen molar-refractivity contribution >= 4 is 34.0 Å². The number of aromatic nitrogens is 1. The molecule has 5 rings (SSSR count). The van der Waals surface area contributed by atoms with Crippen molar-refractivity contribution < 1.29 is 18.7 Å². The lowest BCUT2D eigenvalue weighted by Crippen LogP contribution is -2.41. The Bertz CT molecular complexity index is 1220. The molecule has 2 aliphatic heterocycles. The molecule has 0 radical (unpaired) electrons.